The summed E-state index contributed by atoms with van der Waals surface area (Å²) in [6, 6.07) is 13.7. The first-order valence-corrected chi connectivity index (χ1v) is 9.00. The predicted molar refractivity (Wildman–Crippen MR) is 111 cm³/mol. The third-order valence-electron chi connectivity index (χ3n) is 4.45. The summed E-state index contributed by atoms with van der Waals surface area (Å²) in [6.07, 6.45) is 0. The van der Waals surface area contributed by atoms with Gasteiger partial charge in [-0.1, -0.05) is 18.2 Å². The number of nitrogens with one attached hydrogen (secondary N) is 1. The number of amides is 2. The summed E-state index contributed by atoms with van der Waals surface area (Å²) in [6.45, 7) is -0.0968. The van der Waals surface area contributed by atoms with Crippen molar-refractivity contribution in [3.05, 3.63) is 69.2 Å². The topological polar surface area (TPSA) is 78.4 Å². The zero-order valence-electron chi connectivity index (χ0n) is 15.8. The number of anilines is 1. The molecule has 2 amide bonds. The largest absolute Gasteiger partial charge is 0.347 e. The fourth-order valence-corrected chi connectivity index (χ4v) is 2.95. The van der Waals surface area contributed by atoms with Crippen molar-refractivity contribution in [3.63, 3.8) is 0 Å². The average Bonchev–Trinajstić information content (AvgIpc) is 2.69. The number of likely N-dealkylation sites (N-methyl/N-ethyl adjacent to an activating group) is 1. The molecule has 0 aliphatic heterocycles. The molecular weight excluding hydrogens is 376 g/mol. The summed E-state index contributed by atoms with van der Waals surface area (Å²) < 4.78 is 1.61. The number of benzene rings is 2. The number of carbonyl (C=O) groups is 2. The van der Waals surface area contributed by atoms with Gasteiger partial charge >= 0.3 is 0 Å². The summed E-state index contributed by atoms with van der Waals surface area (Å²) in [5, 5.41) is 0.434. The second-order valence-electron chi connectivity index (χ2n) is 6.57. The van der Waals surface area contributed by atoms with Gasteiger partial charge in [-0.2, -0.15) is 0 Å². The van der Waals surface area contributed by atoms with Crippen LogP contribution in [0.4, 0.5) is 5.69 Å². The summed E-state index contributed by atoms with van der Waals surface area (Å²) in [5.74, 6) is -0.547. The van der Waals surface area contributed by atoms with Gasteiger partial charge in [-0.15, -0.1) is 0 Å². The molecule has 0 aliphatic rings. The Morgan fingerprint density at radius 3 is 2.43 bits per heavy atom. The first-order valence-electron chi connectivity index (χ1n) is 8.59. The van der Waals surface area contributed by atoms with Crippen LogP contribution in [0.2, 0.25) is 0 Å². The fraction of sp³-hybridized carbons (Fsp3) is 0.200. The van der Waals surface area contributed by atoms with E-state index in [1.54, 1.807) is 63.6 Å². The summed E-state index contributed by atoms with van der Waals surface area (Å²) in [7, 11) is 4.87. The normalized spacial score (nSPS) is 10.7. The number of H-pyrrole nitrogens is 1. The standard InChI is InChI=1S/C20H20N4O3S/c1-22(2)17(25)12-24(14-7-5-4-6-8-14)18(26)13-9-10-15-16(11-13)21-20(28)23(3)19(15)27/h4-11H,12H2,1-3H3,(H,21,28). The molecule has 1 heterocycles. The van der Waals surface area contributed by atoms with Gasteiger partial charge in [0.05, 0.1) is 10.9 Å². The van der Waals surface area contributed by atoms with Crippen molar-refractivity contribution in [2.45, 2.75) is 0 Å². The summed E-state index contributed by atoms with van der Waals surface area (Å²) in [5.41, 5.74) is 1.20. The Balaban J connectivity index is 2.07. The maximum atomic E-state index is 13.2. The molecule has 3 rings (SSSR count). The van der Waals surface area contributed by atoms with E-state index < -0.39 is 0 Å². The molecule has 144 valence electrons. The van der Waals surface area contributed by atoms with Crippen LogP contribution >= 0.6 is 12.2 Å². The van der Waals surface area contributed by atoms with Gasteiger partial charge < -0.3 is 9.88 Å². The molecule has 1 aromatic heterocycles. The molecule has 7 nitrogen and oxygen atoms in total. The number of rotatable bonds is 4. The molecule has 0 fully saturated rings. The van der Waals surface area contributed by atoms with Crippen molar-refractivity contribution in [2.75, 3.05) is 25.5 Å². The van der Waals surface area contributed by atoms with Gasteiger partial charge in [0.15, 0.2) is 4.77 Å². The minimum atomic E-state index is -0.344. The van der Waals surface area contributed by atoms with Crippen molar-refractivity contribution in [1.82, 2.24) is 14.5 Å². The second-order valence-corrected chi connectivity index (χ2v) is 6.96. The van der Waals surface area contributed by atoms with Crippen LogP contribution in [0.25, 0.3) is 10.9 Å². The zero-order valence-corrected chi connectivity index (χ0v) is 16.6. The van der Waals surface area contributed by atoms with E-state index in [1.807, 2.05) is 6.07 Å². The highest BCUT2D eigenvalue weighted by Crippen LogP contribution is 2.19. The molecule has 8 heteroatoms. The Bertz CT molecular complexity index is 1170. The minimum Gasteiger partial charge on any atom is -0.347 e. The fourth-order valence-electron chi connectivity index (χ4n) is 2.76. The molecule has 3 aromatic rings. The number of carbonyl (C=O) groups excluding carboxylic acids is 2. The van der Waals surface area contributed by atoms with E-state index >= 15 is 0 Å². The predicted octanol–water partition coefficient (Wildman–Crippen LogP) is 2.33. The third-order valence-corrected chi connectivity index (χ3v) is 4.83. The van der Waals surface area contributed by atoms with E-state index in [9.17, 15) is 14.4 Å². The Hall–Kier alpha value is -3.26. The van der Waals surface area contributed by atoms with Gasteiger partial charge in [0.1, 0.15) is 6.54 Å². The molecule has 0 spiro atoms. The molecule has 1 N–H and O–H groups in total. The van der Waals surface area contributed by atoms with Crippen LogP contribution in [0.3, 0.4) is 0 Å². The SMILES string of the molecule is CN(C)C(=O)CN(C(=O)c1ccc2c(=O)n(C)c(=S)[nH]c2c1)c1ccccc1. The Kier molecular flexibility index (Phi) is 5.41. The maximum Gasteiger partial charge on any atom is 0.261 e. The molecule has 2 aromatic carbocycles. The van der Waals surface area contributed by atoms with Crippen LogP contribution in [0.5, 0.6) is 0 Å². The molecule has 0 saturated carbocycles. The summed E-state index contributed by atoms with van der Waals surface area (Å²) in [4.78, 5) is 43.6. The van der Waals surface area contributed by atoms with E-state index in [1.165, 1.54) is 14.4 Å². The Labute approximate surface area is 166 Å². The van der Waals surface area contributed by atoms with Gasteiger partial charge in [0, 0.05) is 32.4 Å². The number of aromatic nitrogens is 2. The number of fused-ring (bicyclic) bond motifs is 1. The smallest absolute Gasteiger partial charge is 0.261 e. The molecule has 0 saturated heterocycles. The molecular formula is C20H20N4O3S. The van der Waals surface area contributed by atoms with Gasteiger partial charge in [-0.25, -0.2) is 0 Å². The van der Waals surface area contributed by atoms with E-state index in [0.29, 0.717) is 22.2 Å². The molecule has 0 unspecified atom stereocenters. The van der Waals surface area contributed by atoms with E-state index in [-0.39, 0.29) is 28.7 Å². The quantitative estimate of drug-likeness (QED) is 0.687. The number of aromatic amines is 1. The maximum absolute atomic E-state index is 13.2. The van der Waals surface area contributed by atoms with Crippen LogP contribution in [-0.2, 0) is 11.8 Å². The lowest BCUT2D eigenvalue weighted by Gasteiger charge is -2.24. The monoisotopic (exact) mass is 396 g/mol. The Morgan fingerprint density at radius 2 is 1.79 bits per heavy atom. The highest BCUT2D eigenvalue weighted by Gasteiger charge is 2.22. The van der Waals surface area contributed by atoms with Crippen LogP contribution < -0.4 is 10.5 Å². The van der Waals surface area contributed by atoms with Crippen molar-refractivity contribution in [1.29, 1.82) is 0 Å². The zero-order chi connectivity index (χ0) is 20.4. The highest BCUT2D eigenvalue weighted by molar-refractivity contribution is 7.71. The lowest BCUT2D eigenvalue weighted by Crippen LogP contribution is -2.40. The van der Waals surface area contributed by atoms with Crippen molar-refractivity contribution < 1.29 is 9.59 Å². The van der Waals surface area contributed by atoms with Crippen molar-refractivity contribution >= 4 is 40.6 Å². The van der Waals surface area contributed by atoms with E-state index in [4.69, 9.17) is 12.2 Å². The number of hydrogen-bond donors (Lipinski definition) is 1. The molecule has 0 aliphatic carbocycles. The van der Waals surface area contributed by atoms with E-state index in [2.05, 4.69) is 4.98 Å². The molecule has 0 radical (unpaired) electrons. The lowest BCUT2D eigenvalue weighted by molar-refractivity contribution is -0.127. The molecule has 28 heavy (non-hydrogen) atoms. The van der Waals surface area contributed by atoms with Crippen LogP contribution in [0.1, 0.15) is 10.4 Å². The van der Waals surface area contributed by atoms with Crippen molar-refractivity contribution in [3.8, 4) is 0 Å². The number of para-hydroxylation sites is 1. The first-order chi connectivity index (χ1) is 13.3. The summed E-state index contributed by atoms with van der Waals surface area (Å²) >= 11 is 5.15. The Morgan fingerprint density at radius 1 is 1.11 bits per heavy atom. The number of hydrogen-bond acceptors (Lipinski definition) is 4. The molecule has 0 bridgehead atoms. The average molecular weight is 396 g/mol. The third kappa shape index (κ3) is 3.72. The highest BCUT2D eigenvalue weighted by atomic mass is 32.1. The van der Waals surface area contributed by atoms with Gasteiger partial charge in [-0.05, 0) is 42.5 Å². The first kappa shape index (κ1) is 19.5. The van der Waals surface area contributed by atoms with Gasteiger partial charge in [0.2, 0.25) is 5.91 Å². The van der Waals surface area contributed by atoms with Crippen molar-refractivity contribution in [2.24, 2.45) is 7.05 Å². The van der Waals surface area contributed by atoms with E-state index in [0.717, 1.165) is 0 Å². The number of nitrogens with zero attached hydrogens (tertiary/aromatic N) is 3. The van der Waals surface area contributed by atoms with Crippen LogP contribution in [0.15, 0.2) is 53.3 Å². The van der Waals surface area contributed by atoms with Gasteiger partial charge in [-0.3, -0.25) is 23.9 Å². The van der Waals surface area contributed by atoms with Crippen LogP contribution in [0, 0.1) is 4.77 Å². The van der Waals surface area contributed by atoms with Crippen LogP contribution in [-0.4, -0.2) is 46.9 Å². The lowest BCUT2D eigenvalue weighted by atomic mass is 10.1. The second kappa shape index (κ2) is 7.77. The van der Waals surface area contributed by atoms with Gasteiger partial charge in [0.25, 0.3) is 11.5 Å². The molecule has 0 atom stereocenters. The minimum absolute atomic E-state index is 0.0968.